The van der Waals surface area contributed by atoms with Crippen LogP contribution in [0.3, 0.4) is 0 Å². The molecule has 1 aliphatic rings. The summed E-state index contributed by atoms with van der Waals surface area (Å²) < 4.78 is 17.2. The van der Waals surface area contributed by atoms with Gasteiger partial charge in [-0.2, -0.15) is 0 Å². The summed E-state index contributed by atoms with van der Waals surface area (Å²) in [6, 6.07) is 19.9. The number of hydrogen-bond donors (Lipinski definition) is 2. The van der Waals surface area contributed by atoms with Crippen molar-refractivity contribution in [1.29, 1.82) is 0 Å². The van der Waals surface area contributed by atoms with Crippen molar-refractivity contribution in [1.82, 2.24) is 5.48 Å². The zero-order valence-electron chi connectivity index (χ0n) is 16.3. The highest BCUT2D eigenvalue weighted by molar-refractivity contribution is 6.16. The van der Waals surface area contributed by atoms with Crippen LogP contribution in [0.2, 0.25) is 0 Å². The molecule has 3 aromatic rings. The number of hydrogen-bond acceptors (Lipinski definition) is 6. The molecule has 0 fully saturated rings. The van der Waals surface area contributed by atoms with Crippen molar-refractivity contribution in [2.75, 3.05) is 20.3 Å². The maximum Gasteiger partial charge on any atom is 0.274 e. The largest absolute Gasteiger partial charge is 0.487 e. The minimum absolute atomic E-state index is 0.337. The first-order valence-electron chi connectivity index (χ1n) is 9.37. The maximum absolute atomic E-state index is 11.6. The van der Waals surface area contributed by atoms with Gasteiger partial charge in [0.05, 0.1) is 12.3 Å². The molecular formula is C23H20N2O5. The average molecular weight is 404 g/mol. The smallest absolute Gasteiger partial charge is 0.274 e. The molecule has 7 nitrogen and oxygen atoms in total. The van der Waals surface area contributed by atoms with Crippen molar-refractivity contribution < 1.29 is 24.2 Å². The lowest BCUT2D eigenvalue weighted by molar-refractivity contribution is 0.0706. The number of para-hydroxylation sites is 3. The number of nitrogens with zero attached hydrogens (tertiary/aromatic N) is 1. The Kier molecular flexibility index (Phi) is 5.74. The third-order valence-electron chi connectivity index (χ3n) is 4.61. The average Bonchev–Trinajstić information content (AvgIpc) is 2.96. The first-order valence-corrected chi connectivity index (χ1v) is 9.37. The predicted octanol–water partition coefficient (Wildman–Crippen LogP) is 4.11. The van der Waals surface area contributed by atoms with Crippen molar-refractivity contribution >= 4 is 17.3 Å². The van der Waals surface area contributed by atoms with Crippen LogP contribution in [0.25, 0.3) is 0 Å². The van der Waals surface area contributed by atoms with E-state index in [0.717, 1.165) is 11.1 Å². The Morgan fingerprint density at radius 1 is 1.03 bits per heavy atom. The van der Waals surface area contributed by atoms with Crippen LogP contribution in [0.1, 0.15) is 21.5 Å². The maximum atomic E-state index is 11.6. The number of ether oxygens (including phenoxy) is 3. The highest BCUT2D eigenvalue weighted by atomic mass is 16.5. The third kappa shape index (κ3) is 3.89. The molecule has 0 radical (unpaired) electrons. The van der Waals surface area contributed by atoms with Crippen molar-refractivity contribution in [3.8, 4) is 17.2 Å². The highest BCUT2D eigenvalue weighted by Gasteiger charge is 2.23. The van der Waals surface area contributed by atoms with Crippen LogP contribution in [0, 0.1) is 0 Å². The zero-order valence-corrected chi connectivity index (χ0v) is 16.3. The highest BCUT2D eigenvalue weighted by Crippen LogP contribution is 2.43. The number of carbonyl (C=O) groups excluding carboxylic acids is 1. The standard InChI is InChI=1S/C23H20N2O5/c1-28-13-14-29-20-8-4-5-17-21(15-9-11-16(12-10-15)23(26)25-27)24-18-6-2-3-7-19(18)30-22(17)20/h2-12,27H,13-14H2,1H3,(H,25,26). The summed E-state index contributed by atoms with van der Waals surface area (Å²) in [4.78, 5) is 16.5. The predicted molar refractivity (Wildman–Crippen MR) is 111 cm³/mol. The minimum Gasteiger partial charge on any atom is -0.487 e. The van der Waals surface area contributed by atoms with Gasteiger partial charge in [-0.1, -0.05) is 30.3 Å². The van der Waals surface area contributed by atoms with Crippen molar-refractivity contribution in [2.45, 2.75) is 0 Å². The van der Waals surface area contributed by atoms with Crippen LogP contribution in [-0.2, 0) is 4.74 Å². The molecule has 7 heteroatoms. The van der Waals surface area contributed by atoms with Gasteiger partial charge in [0, 0.05) is 23.8 Å². The van der Waals surface area contributed by atoms with Gasteiger partial charge in [0.25, 0.3) is 5.91 Å². The molecule has 2 N–H and O–H groups in total. The SMILES string of the molecule is COCCOc1cccc2c1Oc1ccccc1N=C2c1ccc(C(=O)NO)cc1. The molecule has 0 atom stereocenters. The Labute approximate surface area is 173 Å². The van der Waals surface area contributed by atoms with Gasteiger partial charge < -0.3 is 14.2 Å². The van der Waals surface area contributed by atoms with Gasteiger partial charge in [-0.25, -0.2) is 10.5 Å². The molecule has 0 bridgehead atoms. The second kappa shape index (κ2) is 8.77. The lowest BCUT2D eigenvalue weighted by Crippen LogP contribution is -2.18. The molecule has 1 aliphatic heterocycles. The van der Waals surface area contributed by atoms with Gasteiger partial charge in [0.15, 0.2) is 17.2 Å². The van der Waals surface area contributed by atoms with Crippen LogP contribution in [-0.4, -0.2) is 37.1 Å². The fourth-order valence-corrected chi connectivity index (χ4v) is 3.15. The number of carbonyl (C=O) groups is 1. The zero-order chi connectivity index (χ0) is 20.9. The number of benzene rings is 3. The van der Waals surface area contributed by atoms with Gasteiger partial charge in [0.2, 0.25) is 0 Å². The van der Waals surface area contributed by atoms with Gasteiger partial charge in [-0.3, -0.25) is 10.0 Å². The van der Waals surface area contributed by atoms with E-state index in [1.54, 1.807) is 36.9 Å². The minimum atomic E-state index is -0.577. The van der Waals surface area contributed by atoms with E-state index in [2.05, 4.69) is 0 Å². The van der Waals surface area contributed by atoms with E-state index >= 15 is 0 Å². The Balaban J connectivity index is 1.83. The second-order valence-corrected chi connectivity index (χ2v) is 6.52. The number of nitrogens with one attached hydrogen (secondary N) is 1. The van der Waals surface area contributed by atoms with Gasteiger partial charge in [-0.05, 0) is 36.4 Å². The van der Waals surface area contributed by atoms with Crippen LogP contribution in [0.15, 0.2) is 71.7 Å². The summed E-state index contributed by atoms with van der Waals surface area (Å²) in [5, 5.41) is 8.84. The number of methoxy groups -OCH3 is 1. The summed E-state index contributed by atoms with van der Waals surface area (Å²) in [5.41, 5.74) is 4.90. The molecule has 0 unspecified atom stereocenters. The fraction of sp³-hybridized carbons (Fsp3) is 0.130. The Bertz CT molecular complexity index is 1090. The van der Waals surface area contributed by atoms with E-state index in [1.807, 2.05) is 42.5 Å². The summed E-state index contributed by atoms with van der Waals surface area (Å²) in [6.45, 7) is 0.838. The lowest BCUT2D eigenvalue weighted by Gasteiger charge is -2.15. The van der Waals surface area contributed by atoms with E-state index in [0.29, 0.717) is 47.4 Å². The Morgan fingerprint density at radius 2 is 1.83 bits per heavy atom. The molecular weight excluding hydrogens is 384 g/mol. The van der Waals surface area contributed by atoms with Crippen LogP contribution < -0.4 is 15.0 Å². The van der Waals surface area contributed by atoms with Crippen LogP contribution in [0.5, 0.6) is 17.2 Å². The van der Waals surface area contributed by atoms with E-state index in [-0.39, 0.29) is 0 Å². The number of amides is 1. The van der Waals surface area contributed by atoms with E-state index in [4.69, 9.17) is 24.4 Å². The van der Waals surface area contributed by atoms with Crippen molar-refractivity contribution in [3.05, 3.63) is 83.4 Å². The van der Waals surface area contributed by atoms with E-state index in [9.17, 15) is 4.79 Å². The molecule has 0 aliphatic carbocycles. The number of fused-ring (bicyclic) bond motifs is 2. The molecule has 152 valence electrons. The summed E-state index contributed by atoms with van der Waals surface area (Å²) in [6.07, 6.45) is 0. The van der Waals surface area contributed by atoms with Crippen LogP contribution in [0.4, 0.5) is 5.69 Å². The van der Waals surface area contributed by atoms with Gasteiger partial charge in [-0.15, -0.1) is 0 Å². The first-order chi connectivity index (χ1) is 14.7. The Hall–Kier alpha value is -3.68. The number of rotatable bonds is 6. The number of hydroxylamine groups is 1. The molecule has 0 spiro atoms. The van der Waals surface area contributed by atoms with Crippen molar-refractivity contribution in [2.24, 2.45) is 4.99 Å². The molecule has 30 heavy (non-hydrogen) atoms. The molecule has 1 heterocycles. The van der Waals surface area contributed by atoms with E-state index < -0.39 is 5.91 Å². The molecule has 1 amide bonds. The third-order valence-corrected chi connectivity index (χ3v) is 4.61. The molecule has 4 rings (SSSR count). The normalized spacial score (nSPS) is 12.0. The van der Waals surface area contributed by atoms with E-state index in [1.165, 1.54) is 0 Å². The van der Waals surface area contributed by atoms with Gasteiger partial charge in [0.1, 0.15) is 12.3 Å². The first kappa shape index (κ1) is 19.6. The topological polar surface area (TPSA) is 89.4 Å². The Morgan fingerprint density at radius 3 is 2.60 bits per heavy atom. The molecule has 0 aromatic heterocycles. The summed E-state index contributed by atoms with van der Waals surface area (Å²) in [5.74, 6) is 1.19. The quantitative estimate of drug-likeness (QED) is 0.287. The summed E-state index contributed by atoms with van der Waals surface area (Å²) >= 11 is 0. The van der Waals surface area contributed by atoms with Crippen LogP contribution >= 0.6 is 0 Å². The second-order valence-electron chi connectivity index (χ2n) is 6.52. The molecule has 3 aromatic carbocycles. The lowest BCUT2D eigenvalue weighted by atomic mass is 9.99. The van der Waals surface area contributed by atoms with Gasteiger partial charge >= 0.3 is 0 Å². The number of aliphatic imine (C=N–C) groups is 1. The summed E-state index contributed by atoms with van der Waals surface area (Å²) in [7, 11) is 1.62. The molecule has 0 saturated heterocycles. The monoisotopic (exact) mass is 404 g/mol. The fourth-order valence-electron chi connectivity index (χ4n) is 3.15. The van der Waals surface area contributed by atoms with Crippen molar-refractivity contribution in [3.63, 3.8) is 0 Å². The molecule has 0 saturated carbocycles.